The Morgan fingerprint density at radius 2 is 2.05 bits per heavy atom. The van der Waals surface area contributed by atoms with Crippen LogP contribution in [0, 0.1) is 22.7 Å². The molecule has 0 aliphatic carbocycles. The molecule has 2 heterocycles. The average Bonchev–Trinajstić information content (AvgIpc) is 2.46. The third kappa shape index (κ3) is 2.59. The molecule has 0 fully saturated rings. The molecule has 0 N–H and O–H groups in total. The number of nitrogens with zero attached hydrogens (tertiary/aromatic N) is 5. The van der Waals surface area contributed by atoms with E-state index in [1.54, 1.807) is 12.3 Å². The highest BCUT2D eigenvalue weighted by Crippen LogP contribution is 2.25. The van der Waals surface area contributed by atoms with Crippen LogP contribution in [0.3, 0.4) is 0 Å². The summed E-state index contributed by atoms with van der Waals surface area (Å²) in [5.41, 5.74) is 0.149. The standard InChI is InChI=1S/C12H10ClN5O/c1-2-18-3-4-19-10(7-18)11-12(13)17-9(6-15)8(5-14)16-11/h7H,2-4H2,1H3. The van der Waals surface area contributed by atoms with E-state index >= 15 is 0 Å². The fraction of sp³-hybridized carbons (Fsp3) is 0.333. The molecule has 19 heavy (non-hydrogen) atoms. The van der Waals surface area contributed by atoms with Crippen LogP contribution in [-0.2, 0) is 4.74 Å². The molecule has 1 aliphatic heterocycles. The summed E-state index contributed by atoms with van der Waals surface area (Å²) in [5.74, 6) is 0.464. The van der Waals surface area contributed by atoms with Gasteiger partial charge >= 0.3 is 0 Å². The lowest BCUT2D eigenvalue weighted by Gasteiger charge is -2.25. The zero-order valence-electron chi connectivity index (χ0n) is 10.2. The van der Waals surface area contributed by atoms with Crippen molar-refractivity contribution in [3.63, 3.8) is 0 Å². The molecule has 0 aromatic carbocycles. The number of rotatable bonds is 2. The van der Waals surface area contributed by atoms with Crippen LogP contribution in [0.25, 0.3) is 5.76 Å². The fourth-order valence-corrected chi connectivity index (χ4v) is 1.87. The van der Waals surface area contributed by atoms with E-state index in [4.69, 9.17) is 26.9 Å². The quantitative estimate of drug-likeness (QED) is 0.813. The molecule has 0 spiro atoms. The van der Waals surface area contributed by atoms with Crippen molar-refractivity contribution in [2.75, 3.05) is 19.7 Å². The highest BCUT2D eigenvalue weighted by molar-refractivity contribution is 6.30. The zero-order valence-corrected chi connectivity index (χ0v) is 11.0. The predicted octanol–water partition coefficient (Wildman–Crippen LogP) is 1.52. The van der Waals surface area contributed by atoms with Crippen molar-refractivity contribution in [3.8, 4) is 12.1 Å². The molecular weight excluding hydrogens is 266 g/mol. The molecule has 0 bridgehead atoms. The van der Waals surface area contributed by atoms with Gasteiger partial charge in [0.15, 0.2) is 22.3 Å². The summed E-state index contributed by atoms with van der Waals surface area (Å²) in [6.07, 6.45) is 1.78. The van der Waals surface area contributed by atoms with Crippen molar-refractivity contribution >= 4 is 17.4 Å². The van der Waals surface area contributed by atoms with Gasteiger partial charge in [0.05, 0.1) is 6.54 Å². The lowest BCUT2D eigenvalue weighted by Crippen LogP contribution is -2.26. The Morgan fingerprint density at radius 1 is 1.37 bits per heavy atom. The highest BCUT2D eigenvalue weighted by Gasteiger charge is 2.19. The molecule has 0 saturated carbocycles. The molecule has 2 rings (SSSR count). The van der Waals surface area contributed by atoms with Gasteiger partial charge in [-0.25, -0.2) is 9.97 Å². The van der Waals surface area contributed by atoms with Crippen LogP contribution >= 0.6 is 11.6 Å². The Morgan fingerprint density at radius 3 is 2.68 bits per heavy atom. The summed E-state index contributed by atoms with van der Waals surface area (Å²) in [4.78, 5) is 9.97. The molecule has 0 amide bonds. The van der Waals surface area contributed by atoms with Gasteiger partial charge in [0.2, 0.25) is 0 Å². The van der Waals surface area contributed by atoms with E-state index in [2.05, 4.69) is 9.97 Å². The van der Waals surface area contributed by atoms with Gasteiger partial charge in [-0.05, 0) is 6.92 Å². The first-order valence-electron chi connectivity index (χ1n) is 5.66. The molecular formula is C12H10ClN5O. The summed E-state index contributed by atoms with van der Waals surface area (Å²) in [6.45, 7) is 4.15. The Hall–Kier alpha value is -2.31. The largest absolute Gasteiger partial charge is 0.488 e. The molecule has 6 nitrogen and oxygen atoms in total. The Labute approximate surface area is 115 Å². The first-order chi connectivity index (χ1) is 9.19. The molecule has 96 valence electrons. The summed E-state index contributed by atoms with van der Waals surface area (Å²) < 4.78 is 5.49. The second-order valence-corrected chi connectivity index (χ2v) is 4.11. The van der Waals surface area contributed by atoms with Gasteiger partial charge in [-0.2, -0.15) is 10.5 Å². The van der Waals surface area contributed by atoms with Crippen LogP contribution in [0.2, 0.25) is 5.15 Å². The van der Waals surface area contributed by atoms with Crippen molar-refractivity contribution in [2.24, 2.45) is 0 Å². The summed E-state index contributed by atoms with van der Waals surface area (Å²) in [5, 5.41) is 17.8. The minimum atomic E-state index is -0.0833. The van der Waals surface area contributed by atoms with Gasteiger partial charge in [-0.15, -0.1) is 0 Å². The van der Waals surface area contributed by atoms with Gasteiger partial charge in [-0.1, -0.05) is 11.6 Å². The number of nitriles is 2. The first-order valence-corrected chi connectivity index (χ1v) is 6.04. The maximum atomic E-state index is 8.94. The smallest absolute Gasteiger partial charge is 0.178 e. The van der Waals surface area contributed by atoms with Crippen molar-refractivity contribution in [3.05, 3.63) is 28.4 Å². The lowest BCUT2D eigenvalue weighted by molar-refractivity contribution is 0.198. The molecule has 0 atom stereocenters. The van der Waals surface area contributed by atoms with Crippen LogP contribution in [0.4, 0.5) is 0 Å². The van der Waals surface area contributed by atoms with Crippen LogP contribution in [0.5, 0.6) is 0 Å². The van der Waals surface area contributed by atoms with E-state index in [1.165, 1.54) is 0 Å². The third-order valence-corrected chi connectivity index (χ3v) is 2.90. The van der Waals surface area contributed by atoms with Crippen LogP contribution in [-0.4, -0.2) is 34.6 Å². The Bertz CT molecular complexity index is 614. The molecule has 0 radical (unpaired) electrons. The van der Waals surface area contributed by atoms with Crippen LogP contribution in [0.15, 0.2) is 6.20 Å². The van der Waals surface area contributed by atoms with Crippen molar-refractivity contribution < 1.29 is 4.74 Å². The molecule has 7 heteroatoms. The second-order valence-electron chi connectivity index (χ2n) is 3.75. The maximum absolute atomic E-state index is 8.94. The van der Waals surface area contributed by atoms with Gasteiger partial charge in [0, 0.05) is 12.7 Å². The fourth-order valence-electron chi connectivity index (χ4n) is 1.65. The predicted molar refractivity (Wildman–Crippen MR) is 67.6 cm³/mol. The lowest BCUT2D eigenvalue weighted by atomic mass is 10.3. The zero-order chi connectivity index (χ0) is 13.8. The Kier molecular flexibility index (Phi) is 3.84. The SMILES string of the molecule is CCN1C=C(c2nc(C#N)c(C#N)nc2Cl)OCC1. The Balaban J connectivity index is 2.49. The minimum absolute atomic E-state index is 0.0553. The van der Waals surface area contributed by atoms with Gasteiger partial charge in [-0.3, -0.25) is 0 Å². The molecule has 1 aromatic rings. The number of aromatic nitrogens is 2. The maximum Gasteiger partial charge on any atom is 0.178 e. The van der Waals surface area contributed by atoms with Crippen LogP contribution < -0.4 is 0 Å². The summed E-state index contributed by atoms with van der Waals surface area (Å²) in [7, 11) is 0. The average molecular weight is 276 g/mol. The first kappa shape index (κ1) is 13.1. The van der Waals surface area contributed by atoms with Crippen molar-refractivity contribution in [1.82, 2.24) is 14.9 Å². The summed E-state index contributed by atoms with van der Waals surface area (Å²) in [6, 6.07) is 3.61. The van der Waals surface area contributed by atoms with Gasteiger partial charge in [0.25, 0.3) is 0 Å². The topological polar surface area (TPSA) is 85.8 Å². The third-order valence-electron chi connectivity index (χ3n) is 2.64. The number of likely N-dealkylation sites (N-methyl/N-ethyl adjacent to an activating group) is 1. The van der Waals surface area contributed by atoms with Crippen molar-refractivity contribution in [2.45, 2.75) is 6.92 Å². The van der Waals surface area contributed by atoms with E-state index < -0.39 is 0 Å². The normalized spacial score (nSPS) is 14.1. The van der Waals surface area contributed by atoms with E-state index in [0.29, 0.717) is 12.4 Å². The number of ether oxygens (including phenoxy) is 1. The van der Waals surface area contributed by atoms with E-state index in [-0.39, 0.29) is 22.2 Å². The van der Waals surface area contributed by atoms with E-state index in [0.717, 1.165) is 13.1 Å². The van der Waals surface area contributed by atoms with Crippen molar-refractivity contribution in [1.29, 1.82) is 10.5 Å². The monoisotopic (exact) mass is 275 g/mol. The van der Waals surface area contributed by atoms with Crippen LogP contribution in [0.1, 0.15) is 24.0 Å². The molecule has 1 aromatic heterocycles. The van der Waals surface area contributed by atoms with E-state index in [1.807, 2.05) is 17.9 Å². The molecule has 0 saturated heterocycles. The summed E-state index contributed by atoms with van der Waals surface area (Å²) >= 11 is 5.99. The number of hydrogen-bond acceptors (Lipinski definition) is 6. The minimum Gasteiger partial charge on any atom is -0.488 e. The van der Waals surface area contributed by atoms with E-state index in [9.17, 15) is 0 Å². The number of halogens is 1. The number of hydrogen-bond donors (Lipinski definition) is 0. The highest BCUT2D eigenvalue weighted by atomic mass is 35.5. The molecule has 0 unspecified atom stereocenters. The second kappa shape index (κ2) is 5.55. The van der Waals surface area contributed by atoms with Gasteiger partial charge < -0.3 is 9.64 Å². The van der Waals surface area contributed by atoms with Gasteiger partial charge in [0.1, 0.15) is 24.4 Å². The molecule has 1 aliphatic rings.